The number of fused-ring (bicyclic) bond motifs is 1. The Labute approximate surface area is 147 Å². The van der Waals surface area contributed by atoms with Gasteiger partial charge in [0.05, 0.1) is 0 Å². The van der Waals surface area contributed by atoms with Gasteiger partial charge in [0, 0.05) is 17.9 Å². The summed E-state index contributed by atoms with van der Waals surface area (Å²) in [6.07, 6.45) is 3.97. The van der Waals surface area contributed by atoms with Crippen LogP contribution in [0.5, 0.6) is 0 Å². The molecular weight excluding hydrogens is 312 g/mol. The average molecular weight is 334 g/mol. The number of amides is 2. The first kappa shape index (κ1) is 15.9. The summed E-state index contributed by atoms with van der Waals surface area (Å²) in [6.45, 7) is 2.60. The standard InChI is InChI=1S/C21H22N2O2/c1-14-5-8-17(9-6-14)22-20(24)19-11-12-23(21(19)25)18-10-7-15-3-2-4-16(15)13-18/h5-10,13,19H,2-4,11-12H2,1H3,(H,22,24)/t19-/m0/s1. The van der Waals surface area contributed by atoms with E-state index in [4.69, 9.17) is 0 Å². The fourth-order valence-corrected chi connectivity index (χ4v) is 3.77. The van der Waals surface area contributed by atoms with Gasteiger partial charge in [0.15, 0.2) is 0 Å². The number of carbonyl (C=O) groups is 2. The van der Waals surface area contributed by atoms with Crippen LogP contribution in [0.15, 0.2) is 42.5 Å². The summed E-state index contributed by atoms with van der Waals surface area (Å²) in [5.41, 5.74) is 5.54. The Kier molecular flexibility index (Phi) is 4.04. The first-order valence-electron chi connectivity index (χ1n) is 8.92. The summed E-state index contributed by atoms with van der Waals surface area (Å²) in [6, 6.07) is 13.9. The van der Waals surface area contributed by atoms with Crippen LogP contribution in [0.25, 0.3) is 0 Å². The zero-order chi connectivity index (χ0) is 17.4. The molecule has 1 atom stereocenters. The highest BCUT2D eigenvalue weighted by Gasteiger charge is 2.37. The number of anilines is 2. The molecule has 1 aliphatic carbocycles. The lowest BCUT2D eigenvalue weighted by Gasteiger charge is -2.18. The fraction of sp³-hybridized carbons (Fsp3) is 0.333. The zero-order valence-electron chi connectivity index (χ0n) is 14.4. The van der Waals surface area contributed by atoms with Gasteiger partial charge in [0.25, 0.3) is 0 Å². The van der Waals surface area contributed by atoms with Gasteiger partial charge in [0.1, 0.15) is 5.92 Å². The molecular formula is C21H22N2O2. The highest BCUT2D eigenvalue weighted by Crippen LogP contribution is 2.31. The van der Waals surface area contributed by atoms with Crippen LogP contribution >= 0.6 is 0 Å². The molecule has 0 radical (unpaired) electrons. The van der Waals surface area contributed by atoms with Crippen LogP contribution in [0.4, 0.5) is 11.4 Å². The van der Waals surface area contributed by atoms with Gasteiger partial charge in [-0.15, -0.1) is 0 Å². The molecule has 1 fully saturated rings. The Morgan fingerprint density at radius 1 is 1.08 bits per heavy atom. The van der Waals surface area contributed by atoms with E-state index in [1.807, 2.05) is 37.3 Å². The summed E-state index contributed by atoms with van der Waals surface area (Å²) in [7, 11) is 0. The third-order valence-electron chi connectivity index (χ3n) is 5.23. The van der Waals surface area contributed by atoms with Gasteiger partial charge in [-0.05, 0) is 68.0 Å². The minimum atomic E-state index is -0.602. The molecule has 4 nitrogen and oxygen atoms in total. The van der Waals surface area contributed by atoms with Gasteiger partial charge in [0.2, 0.25) is 11.8 Å². The number of nitrogens with zero attached hydrogens (tertiary/aromatic N) is 1. The third kappa shape index (κ3) is 3.04. The van der Waals surface area contributed by atoms with Crippen molar-refractivity contribution in [3.63, 3.8) is 0 Å². The quantitative estimate of drug-likeness (QED) is 0.874. The summed E-state index contributed by atoms with van der Waals surface area (Å²) >= 11 is 0. The molecule has 2 aromatic rings. The number of hydrogen-bond donors (Lipinski definition) is 1. The fourth-order valence-electron chi connectivity index (χ4n) is 3.77. The maximum absolute atomic E-state index is 12.8. The number of hydrogen-bond acceptors (Lipinski definition) is 2. The van der Waals surface area contributed by atoms with Crippen LogP contribution in [-0.2, 0) is 22.4 Å². The molecule has 4 rings (SSSR count). The second-order valence-corrected chi connectivity index (χ2v) is 6.99. The van der Waals surface area contributed by atoms with Crippen molar-refractivity contribution in [2.45, 2.75) is 32.6 Å². The van der Waals surface area contributed by atoms with E-state index < -0.39 is 5.92 Å². The highest BCUT2D eigenvalue weighted by atomic mass is 16.2. The van der Waals surface area contributed by atoms with E-state index in [0.29, 0.717) is 13.0 Å². The first-order valence-corrected chi connectivity index (χ1v) is 8.92. The minimum Gasteiger partial charge on any atom is -0.325 e. The maximum atomic E-state index is 12.8. The largest absolute Gasteiger partial charge is 0.325 e. The Balaban J connectivity index is 1.47. The van der Waals surface area contributed by atoms with Gasteiger partial charge < -0.3 is 10.2 Å². The average Bonchev–Trinajstić information content (AvgIpc) is 3.22. The topological polar surface area (TPSA) is 49.4 Å². The SMILES string of the molecule is Cc1ccc(NC(=O)[C@@H]2CCN(c3ccc4c(c3)CCC4)C2=O)cc1. The highest BCUT2D eigenvalue weighted by molar-refractivity contribution is 6.13. The van der Waals surface area contributed by atoms with E-state index in [9.17, 15) is 9.59 Å². The molecule has 2 aromatic carbocycles. The molecule has 1 N–H and O–H groups in total. The number of carbonyl (C=O) groups excluding carboxylic acids is 2. The first-order chi connectivity index (χ1) is 12.1. The van der Waals surface area contributed by atoms with Crippen molar-refractivity contribution in [3.05, 3.63) is 59.2 Å². The molecule has 0 unspecified atom stereocenters. The molecule has 0 bridgehead atoms. The Morgan fingerprint density at radius 2 is 1.84 bits per heavy atom. The number of aryl methyl sites for hydroxylation is 3. The van der Waals surface area contributed by atoms with Crippen LogP contribution in [0.1, 0.15) is 29.5 Å². The lowest BCUT2D eigenvalue weighted by atomic mass is 10.1. The smallest absolute Gasteiger partial charge is 0.239 e. The molecule has 0 aromatic heterocycles. The summed E-state index contributed by atoms with van der Waals surface area (Å²) in [5.74, 6) is -0.908. The van der Waals surface area contributed by atoms with Gasteiger partial charge in [-0.1, -0.05) is 23.8 Å². The van der Waals surface area contributed by atoms with E-state index in [1.165, 1.54) is 17.5 Å². The second-order valence-electron chi connectivity index (χ2n) is 6.99. The predicted molar refractivity (Wildman–Crippen MR) is 98.7 cm³/mol. The second kappa shape index (κ2) is 6.36. The van der Waals surface area contributed by atoms with Crippen LogP contribution in [0.3, 0.4) is 0 Å². The molecule has 2 amide bonds. The molecule has 1 saturated heterocycles. The van der Waals surface area contributed by atoms with Crippen molar-refractivity contribution < 1.29 is 9.59 Å². The molecule has 2 aliphatic rings. The summed E-state index contributed by atoms with van der Waals surface area (Å²) in [5, 5.41) is 2.87. The van der Waals surface area contributed by atoms with Crippen molar-refractivity contribution in [2.24, 2.45) is 5.92 Å². The lowest BCUT2D eigenvalue weighted by molar-refractivity contribution is -0.129. The van der Waals surface area contributed by atoms with Gasteiger partial charge in [-0.3, -0.25) is 9.59 Å². The van der Waals surface area contributed by atoms with E-state index in [2.05, 4.69) is 17.4 Å². The van der Waals surface area contributed by atoms with E-state index >= 15 is 0 Å². The third-order valence-corrected chi connectivity index (χ3v) is 5.23. The molecule has 1 aliphatic heterocycles. The Morgan fingerprint density at radius 3 is 2.64 bits per heavy atom. The maximum Gasteiger partial charge on any atom is 0.239 e. The number of benzene rings is 2. The lowest BCUT2D eigenvalue weighted by Crippen LogP contribution is -2.33. The van der Waals surface area contributed by atoms with E-state index in [-0.39, 0.29) is 11.8 Å². The molecule has 0 spiro atoms. The number of rotatable bonds is 3. The van der Waals surface area contributed by atoms with Crippen molar-refractivity contribution in [1.29, 1.82) is 0 Å². The van der Waals surface area contributed by atoms with Gasteiger partial charge in [-0.2, -0.15) is 0 Å². The normalized spacial score (nSPS) is 19.2. The summed E-state index contributed by atoms with van der Waals surface area (Å²) < 4.78 is 0. The van der Waals surface area contributed by atoms with E-state index in [1.54, 1.807) is 4.90 Å². The predicted octanol–water partition coefficient (Wildman–Crippen LogP) is 3.48. The molecule has 128 valence electrons. The van der Waals surface area contributed by atoms with Crippen molar-refractivity contribution in [3.8, 4) is 0 Å². The molecule has 1 heterocycles. The van der Waals surface area contributed by atoms with Crippen molar-refractivity contribution in [1.82, 2.24) is 0 Å². The Hall–Kier alpha value is -2.62. The molecule has 25 heavy (non-hydrogen) atoms. The van der Waals surface area contributed by atoms with Gasteiger partial charge >= 0.3 is 0 Å². The van der Waals surface area contributed by atoms with Crippen LogP contribution in [-0.4, -0.2) is 18.4 Å². The zero-order valence-corrected chi connectivity index (χ0v) is 14.4. The summed E-state index contributed by atoms with van der Waals surface area (Å²) in [4.78, 5) is 27.0. The van der Waals surface area contributed by atoms with Crippen LogP contribution < -0.4 is 10.2 Å². The van der Waals surface area contributed by atoms with Crippen LogP contribution in [0, 0.1) is 12.8 Å². The van der Waals surface area contributed by atoms with Crippen LogP contribution in [0.2, 0.25) is 0 Å². The number of nitrogens with one attached hydrogen (secondary N) is 1. The monoisotopic (exact) mass is 334 g/mol. The van der Waals surface area contributed by atoms with Crippen molar-refractivity contribution >= 4 is 23.2 Å². The molecule has 0 saturated carbocycles. The van der Waals surface area contributed by atoms with Crippen molar-refractivity contribution in [2.75, 3.05) is 16.8 Å². The molecule has 4 heteroatoms. The minimum absolute atomic E-state index is 0.0949. The Bertz CT molecular complexity index is 826. The van der Waals surface area contributed by atoms with E-state index in [0.717, 1.165) is 29.8 Å². The van der Waals surface area contributed by atoms with Gasteiger partial charge in [-0.25, -0.2) is 0 Å².